The van der Waals surface area contributed by atoms with Gasteiger partial charge in [-0.2, -0.15) is 0 Å². The van der Waals surface area contributed by atoms with Crippen LogP contribution in [0.3, 0.4) is 0 Å². The van der Waals surface area contributed by atoms with Crippen molar-refractivity contribution in [3.05, 3.63) is 125 Å². The quantitative estimate of drug-likeness (QED) is 0.195. The Hall–Kier alpha value is -4.28. The number of carbonyl (C=O) groups is 1. The summed E-state index contributed by atoms with van der Waals surface area (Å²) < 4.78 is 13.4. The zero-order valence-corrected chi connectivity index (χ0v) is 25.8. The molecule has 0 saturated heterocycles. The maximum absolute atomic E-state index is 13.4. The molecule has 0 fully saturated rings. The van der Waals surface area contributed by atoms with Crippen molar-refractivity contribution in [1.82, 2.24) is 15.2 Å². The van der Waals surface area contributed by atoms with E-state index in [4.69, 9.17) is 6.42 Å². The van der Waals surface area contributed by atoms with Crippen LogP contribution in [0.5, 0.6) is 0 Å². The molecule has 220 valence electrons. The topological polar surface area (TPSA) is 57.3 Å². The number of hydrogen-bond acceptors (Lipinski definition) is 5. The van der Waals surface area contributed by atoms with Crippen molar-refractivity contribution in [1.29, 1.82) is 0 Å². The summed E-state index contributed by atoms with van der Waals surface area (Å²) in [6.45, 7) is 12.8. The Morgan fingerprint density at radius 2 is 2.02 bits per heavy atom. The van der Waals surface area contributed by atoms with Crippen molar-refractivity contribution in [3.63, 3.8) is 0 Å². The van der Waals surface area contributed by atoms with Crippen molar-refractivity contribution >= 4 is 29.2 Å². The van der Waals surface area contributed by atoms with Crippen molar-refractivity contribution in [3.8, 4) is 12.3 Å². The standard InChI is InChI=1S/C33H37FN4OS.C2H4/c1-6-9-10-13-26-20-32(39)38(5)22-27(26)23-40-29(8-3)21-36-33-30(14-11-19-35-33)31(12-7-2)37-24(4)25-15-17-28(34)18-16-25;1-2/h1,8-19,22,24,37H,7,20-21,23H2,2-5H3,(H,35,36);1-2H2/b10-9-,26-13+,29-8-,31-12?;. The molecule has 5 nitrogen and oxygen atoms in total. The molecule has 0 saturated carbocycles. The van der Waals surface area contributed by atoms with Gasteiger partial charge < -0.3 is 15.5 Å². The van der Waals surface area contributed by atoms with Crippen LogP contribution in [0.15, 0.2) is 108 Å². The number of nitrogens with zero attached hydrogens (tertiary/aromatic N) is 2. The number of aromatic nitrogens is 1. The first-order valence-corrected chi connectivity index (χ1v) is 14.8. The van der Waals surface area contributed by atoms with Crippen molar-refractivity contribution in [2.75, 3.05) is 24.7 Å². The lowest BCUT2D eigenvalue weighted by Gasteiger charge is -2.24. The van der Waals surface area contributed by atoms with Crippen LogP contribution in [-0.4, -0.2) is 35.1 Å². The van der Waals surface area contributed by atoms with Gasteiger partial charge in [0.25, 0.3) is 0 Å². The average Bonchev–Trinajstić information content (AvgIpc) is 3.00. The predicted octanol–water partition coefficient (Wildman–Crippen LogP) is 8.04. The molecule has 1 unspecified atom stereocenters. The number of halogens is 1. The van der Waals surface area contributed by atoms with Crippen molar-refractivity contribution < 1.29 is 9.18 Å². The number of pyridine rings is 1. The monoisotopic (exact) mass is 584 g/mol. The number of benzene rings is 1. The Labute approximate surface area is 255 Å². The maximum atomic E-state index is 13.4. The van der Waals surface area contributed by atoms with E-state index in [0.717, 1.165) is 50.9 Å². The van der Waals surface area contributed by atoms with Crippen molar-refractivity contribution in [2.24, 2.45) is 0 Å². The van der Waals surface area contributed by atoms with Gasteiger partial charge in [0.05, 0.1) is 6.42 Å². The number of rotatable bonds is 12. The lowest BCUT2D eigenvalue weighted by molar-refractivity contribution is -0.127. The Bertz CT molecular complexity index is 1380. The number of amides is 1. The molecule has 42 heavy (non-hydrogen) atoms. The highest BCUT2D eigenvalue weighted by Gasteiger charge is 2.20. The third-order valence-corrected chi connectivity index (χ3v) is 7.61. The fraction of sp³-hybridized carbons (Fsp3) is 0.257. The number of carbonyl (C=O) groups excluding carboxylic acids is 1. The van der Waals surface area contributed by atoms with E-state index >= 15 is 0 Å². The molecule has 2 aromatic rings. The predicted molar refractivity (Wildman–Crippen MR) is 178 cm³/mol. The highest BCUT2D eigenvalue weighted by molar-refractivity contribution is 8.03. The van der Waals surface area contributed by atoms with Gasteiger partial charge in [-0.15, -0.1) is 31.3 Å². The summed E-state index contributed by atoms with van der Waals surface area (Å²) in [6.07, 6.45) is 19.8. The summed E-state index contributed by atoms with van der Waals surface area (Å²) in [5, 5.41) is 7.11. The van der Waals surface area contributed by atoms with E-state index in [1.807, 2.05) is 31.3 Å². The van der Waals surface area contributed by atoms with Gasteiger partial charge in [-0.25, -0.2) is 9.37 Å². The largest absolute Gasteiger partial charge is 0.378 e. The first-order valence-electron chi connectivity index (χ1n) is 13.8. The van der Waals surface area contributed by atoms with Gasteiger partial charge in [-0.05, 0) is 67.3 Å². The number of nitrogens with one attached hydrogen (secondary N) is 2. The zero-order chi connectivity index (χ0) is 30.9. The van der Waals surface area contributed by atoms with E-state index < -0.39 is 0 Å². The molecule has 1 aliphatic rings. The van der Waals surface area contributed by atoms with Crippen LogP contribution in [-0.2, 0) is 4.79 Å². The molecular weight excluding hydrogens is 543 g/mol. The second-order valence-corrected chi connectivity index (χ2v) is 10.4. The van der Waals surface area contributed by atoms with Crippen LogP contribution in [0.2, 0.25) is 0 Å². The lowest BCUT2D eigenvalue weighted by atomic mass is 10.0. The first-order chi connectivity index (χ1) is 20.4. The minimum atomic E-state index is -0.245. The molecule has 1 amide bonds. The molecule has 7 heteroatoms. The van der Waals surface area contributed by atoms with Crippen LogP contribution >= 0.6 is 11.8 Å². The van der Waals surface area contributed by atoms with Crippen molar-refractivity contribution in [2.45, 2.75) is 39.7 Å². The van der Waals surface area contributed by atoms with E-state index in [9.17, 15) is 9.18 Å². The second-order valence-electron chi connectivity index (χ2n) is 9.29. The van der Waals surface area contributed by atoms with E-state index in [1.165, 1.54) is 12.1 Å². The number of thioether (sulfide) groups is 1. The number of anilines is 1. The molecule has 1 aromatic heterocycles. The zero-order valence-electron chi connectivity index (χ0n) is 25.0. The summed E-state index contributed by atoms with van der Waals surface area (Å²) in [7, 11) is 1.79. The van der Waals surface area contributed by atoms with Gasteiger partial charge >= 0.3 is 0 Å². The number of terminal acetylenes is 1. The van der Waals surface area contributed by atoms with Crippen LogP contribution < -0.4 is 10.6 Å². The summed E-state index contributed by atoms with van der Waals surface area (Å²) >= 11 is 1.73. The molecule has 0 bridgehead atoms. The molecule has 1 aliphatic heterocycles. The molecule has 0 aliphatic carbocycles. The van der Waals surface area contributed by atoms with Gasteiger partial charge in [-0.1, -0.05) is 49.3 Å². The van der Waals surface area contributed by atoms with E-state index in [1.54, 1.807) is 54.2 Å². The molecular formula is C35H41FN4OS. The van der Waals surface area contributed by atoms with Crippen LogP contribution in [0.4, 0.5) is 10.2 Å². The van der Waals surface area contributed by atoms with Gasteiger partial charge in [0.1, 0.15) is 11.6 Å². The Morgan fingerprint density at radius 3 is 2.69 bits per heavy atom. The molecule has 1 aromatic carbocycles. The maximum Gasteiger partial charge on any atom is 0.230 e. The van der Waals surface area contributed by atoms with Gasteiger partial charge in [0, 0.05) is 53.9 Å². The highest BCUT2D eigenvalue weighted by Crippen LogP contribution is 2.29. The average molecular weight is 585 g/mol. The van der Waals surface area contributed by atoms with E-state index in [0.29, 0.717) is 13.0 Å². The summed E-state index contributed by atoms with van der Waals surface area (Å²) in [4.78, 5) is 19.7. The first kappa shape index (κ1) is 33.9. The van der Waals surface area contributed by atoms with Gasteiger partial charge in [-0.3, -0.25) is 4.79 Å². The minimum absolute atomic E-state index is 0.0142. The SMILES string of the molecule is C#C/C=C\C=C1/CC(=O)N(C)C=C1CS/C(=C\C)CNc1ncccc1C(=CCC)NC(C)c1ccc(F)cc1.C=C. The molecule has 1 atom stereocenters. The summed E-state index contributed by atoms with van der Waals surface area (Å²) in [5.74, 6) is 3.80. The molecule has 2 N–H and O–H groups in total. The highest BCUT2D eigenvalue weighted by atomic mass is 32.2. The van der Waals surface area contributed by atoms with E-state index in [2.05, 4.69) is 60.7 Å². The van der Waals surface area contributed by atoms with Crippen LogP contribution in [0.1, 0.15) is 50.8 Å². The smallest absolute Gasteiger partial charge is 0.230 e. The summed E-state index contributed by atoms with van der Waals surface area (Å²) in [6, 6.07) is 10.5. The molecule has 2 heterocycles. The molecule has 0 radical (unpaired) electrons. The number of allylic oxidation sites excluding steroid dienone is 5. The fourth-order valence-electron chi connectivity index (χ4n) is 4.17. The Balaban J connectivity index is 0.00000301. The second kappa shape index (κ2) is 18.2. The summed E-state index contributed by atoms with van der Waals surface area (Å²) in [5.41, 5.74) is 5.02. The van der Waals surface area contributed by atoms with Crippen LogP contribution in [0.25, 0.3) is 5.70 Å². The number of hydrogen-bond donors (Lipinski definition) is 2. The normalized spacial score (nSPS) is 15.5. The van der Waals surface area contributed by atoms with E-state index in [-0.39, 0.29) is 17.8 Å². The fourth-order valence-corrected chi connectivity index (χ4v) is 5.11. The third-order valence-electron chi connectivity index (χ3n) is 6.40. The Morgan fingerprint density at radius 1 is 1.29 bits per heavy atom. The lowest BCUT2D eigenvalue weighted by Crippen LogP contribution is -2.26. The minimum Gasteiger partial charge on any atom is -0.378 e. The molecule has 3 rings (SSSR count). The molecule has 0 spiro atoms. The third kappa shape index (κ3) is 10.3. The van der Waals surface area contributed by atoms with Gasteiger partial charge in [0.15, 0.2) is 0 Å². The van der Waals surface area contributed by atoms with Crippen LogP contribution in [0, 0.1) is 18.2 Å². The van der Waals surface area contributed by atoms with Gasteiger partial charge in [0.2, 0.25) is 5.91 Å². The Kier molecular flexibility index (Phi) is 14.7.